The third-order valence-corrected chi connectivity index (χ3v) is 5.14. The lowest BCUT2D eigenvalue weighted by Crippen LogP contribution is -2.47. The van der Waals surface area contributed by atoms with Crippen LogP contribution in [-0.4, -0.2) is 31.1 Å². The van der Waals surface area contributed by atoms with Gasteiger partial charge in [0.25, 0.3) is 5.91 Å². The largest absolute Gasteiger partial charge is 0.300 e. The van der Waals surface area contributed by atoms with Gasteiger partial charge >= 0.3 is 0 Å². The predicted molar refractivity (Wildman–Crippen MR) is 88.3 cm³/mol. The summed E-state index contributed by atoms with van der Waals surface area (Å²) < 4.78 is 1.61. The molecule has 1 aliphatic rings. The first-order valence-electron chi connectivity index (χ1n) is 7.93. The molecular weight excluding hydrogens is 312 g/mol. The Kier molecular flexibility index (Phi) is 4.18. The summed E-state index contributed by atoms with van der Waals surface area (Å²) in [7, 11) is 0. The lowest BCUT2D eigenvalue weighted by molar-refractivity contribution is -0.126. The topological polar surface area (TPSA) is 85.6 Å². The van der Waals surface area contributed by atoms with Crippen molar-refractivity contribution in [3.63, 3.8) is 0 Å². The van der Waals surface area contributed by atoms with Crippen molar-refractivity contribution in [2.24, 2.45) is 0 Å². The smallest absolute Gasteiger partial charge is 0.254 e. The second-order valence-corrected chi connectivity index (χ2v) is 7.95. The third kappa shape index (κ3) is 3.12. The molecule has 0 radical (unpaired) electrons. The van der Waals surface area contributed by atoms with Gasteiger partial charge in [-0.15, -0.1) is 16.4 Å². The molecule has 1 N–H and O–H groups in total. The molecule has 0 spiro atoms. The summed E-state index contributed by atoms with van der Waals surface area (Å²) in [4.78, 5) is 17.5. The summed E-state index contributed by atoms with van der Waals surface area (Å²) in [5, 5.41) is 17.0. The molecule has 1 amide bonds. The standard InChI is InChI=1S/C15H22N6OS/c1-14(2,3)11-9-23-13(17-11)18-12(22)15(7-5-4-6-8-15)21-10-16-19-20-21/h9-10H,4-8H2,1-3H3,(H,17,18,22). The molecule has 0 aromatic carbocycles. The van der Waals surface area contributed by atoms with E-state index < -0.39 is 5.54 Å². The van der Waals surface area contributed by atoms with E-state index in [0.717, 1.165) is 37.8 Å². The number of tetrazole rings is 1. The highest BCUT2D eigenvalue weighted by atomic mass is 32.1. The van der Waals surface area contributed by atoms with Crippen molar-refractivity contribution in [1.82, 2.24) is 25.2 Å². The van der Waals surface area contributed by atoms with Crippen LogP contribution in [0.25, 0.3) is 0 Å². The number of anilines is 1. The number of aromatic nitrogens is 5. The molecule has 0 aliphatic heterocycles. The van der Waals surface area contributed by atoms with E-state index in [2.05, 4.69) is 46.6 Å². The van der Waals surface area contributed by atoms with E-state index >= 15 is 0 Å². The number of hydrogen-bond donors (Lipinski definition) is 1. The fourth-order valence-electron chi connectivity index (χ4n) is 2.94. The minimum Gasteiger partial charge on any atom is -0.300 e. The Morgan fingerprint density at radius 3 is 2.61 bits per heavy atom. The molecule has 2 aromatic heterocycles. The van der Waals surface area contributed by atoms with E-state index in [1.807, 2.05) is 5.38 Å². The normalized spacial score (nSPS) is 17.9. The number of nitrogens with zero attached hydrogens (tertiary/aromatic N) is 5. The quantitative estimate of drug-likeness (QED) is 0.933. The molecular formula is C15H22N6OS. The number of amides is 1. The highest BCUT2D eigenvalue weighted by Crippen LogP contribution is 2.36. The fourth-order valence-corrected chi connectivity index (χ4v) is 3.88. The van der Waals surface area contributed by atoms with Crippen molar-refractivity contribution in [3.05, 3.63) is 17.4 Å². The van der Waals surface area contributed by atoms with Crippen molar-refractivity contribution in [3.8, 4) is 0 Å². The van der Waals surface area contributed by atoms with Crippen molar-refractivity contribution in [1.29, 1.82) is 0 Å². The summed E-state index contributed by atoms with van der Waals surface area (Å²) in [6.45, 7) is 6.33. The monoisotopic (exact) mass is 334 g/mol. The average molecular weight is 334 g/mol. The second-order valence-electron chi connectivity index (χ2n) is 7.09. The number of nitrogens with one attached hydrogen (secondary N) is 1. The highest BCUT2D eigenvalue weighted by Gasteiger charge is 2.43. The van der Waals surface area contributed by atoms with Crippen LogP contribution in [0.3, 0.4) is 0 Å². The Bertz CT molecular complexity index is 666. The van der Waals surface area contributed by atoms with Gasteiger partial charge in [-0.3, -0.25) is 10.1 Å². The van der Waals surface area contributed by atoms with E-state index in [1.165, 1.54) is 17.7 Å². The van der Waals surface area contributed by atoms with Crippen LogP contribution >= 0.6 is 11.3 Å². The van der Waals surface area contributed by atoms with Crippen LogP contribution in [0.5, 0.6) is 0 Å². The van der Waals surface area contributed by atoms with Gasteiger partial charge in [-0.05, 0) is 23.3 Å². The molecule has 3 rings (SSSR count). The predicted octanol–water partition coefficient (Wildman–Crippen LogP) is 2.73. The van der Waals surface area contributed by atoms with Crippen LogP contribution in [0.15, 0.2) is 11.7 Å². The Morgan fingerprint density at radius 1 is 1.30 bits per heavy atom. The summed E-state index contributed by atoms with van der Waals surface area (Å²) in [5.41, 5.74) is 0.255. The van der Waals surface area contributed by atoms with Crippen LogP contribution in [0.2, 0.25) is 0 Å². The maximum Gasteiger partial charge on any atom is 0.254 e. The van der Waals surface area contributed by atoms with E-state index in [1.54, 1.807) is 4.68 Å². The van der Waals surface area contributed by atoms with Gasteiger partial charge in [-0.25, -0.2) is 9.67 Å². The van der Waals surface area contributed by atoms with E-state index in [0.29, 0.717) is 5.13 Å². The lowest BCUT2D eigenvalue weighted by atomic mass is 9.81. The van der Waals surface area contributed by atoms with Gasteiger partial charge in [0.05, 0.1) is 5.69 Å². The van der Waals surface area contributed by atoms with Crippen molar-refractivity contribution >= 4 is 22.4 Å². The second kappa shape index (κ2) is 5.99. The zero-order valence-corrected chi connectivity index (χ0v) is 14.6. The SMILES string of the molecule is CC(C)(C)c1csc(NC(=O)C2(n3cnnn3)CCCCC2)n1. The highest BCUT2D eigenvalue weighted by molar-refractivity contribution is 7.14. The summed E-state index contributed by atoms with van der Waals surface area (Å²) >= 11 is 1.46. The number of thiazole rings is 1. The number of rotatable bonds is 3. The average Bonchev–Trinajstić information content (AvgIpc) is 3.19. The fraction of sp³-hybridized carbons (Fsp3) is 0.667. The number of hydrogen-bond acceptors (Lipinski definition) is 6. The van der Waals surface area contributed by atoms with Crippen molar-refractivity contribution in [2.75, 3.05) is 5.32 Å². The van der Waals surface area contributed by atoms with E-state index in [9.17, 15) is 4.79 Å². The molecule has 0 bridgehead atoms. The Morgan fingerprint density at radius 2 is 2.04 bits per heavy atom. The zero-order chi connectivity index (χ0) is 16.5. The minimum absolute atomic E-state index is 0.0299. The zero-order valence-electron chi connectivity index (χ0n) is 13.7. The molecule has 0 unspecified atom stereocenters. The van der Waals surface area contributed by atoms with Crippen LogP contribution < -0.4 is 5.32 Å². The van der Waals surface area contributed by atoms with Gasteiger partial charge in [-0.1, -0.05) is 40.0 Å². The Balaban J connectivity index is 1.83. The van der Waals surface area contributed by atoms with Gasteiger partial charge in [-0.2, -0.15) is 0 Å². The molecule has 0 saturated heterocycles. The van der Waals surface area contributed by atoms with Gasteiger partial charge < -0.3 is 0 Å². The Labute approximate surface area is 139 Å². The number of carbonyl (C=O) groups excluding carboxylic acids is 1. The van der Waals surface area contributed by atoms with E-state index in [-0.39, 0.29) is 11.3 Å². The summed E-state index contributed by atoms with van der Waals surface area (Å²) in [6, 6.07) is 0. The molecule has 23 heavy (non-hydrogen) atoms. The maximum absolute atomic E-state index is 13.0. The molecule has 0 atom stereocenters. The minimum atomic E-state index is -0.699. The maximum atomic E-state index is 13.0. The lowest BCUT2D eigenvalue weighted by Gasteiger charge is -2.34. The molecule has 124 valence electrons. The van der Waals surface area contributed by atoms with Crippen LogP contribution in [-0.2, 0) is 15.7 Å². The van der Waals surface area contributed by atoms with Gasteiger partial charge in [0.2, 0.25) is 0 Å². The molecule has 1 fully saturated rings. The Hall–Kier alpha value is -1.83. The van der Waals surface area contributed by atoms with Crippen molar-refractivity contribution < 1.29 is 4.79 Å². The summed E-state index contributed by atoms with van der Waals surface area (Å²) in [5.74, 6) is -0.0701. The van der Waals surface area contributed by atoms with Crippen LogP contribution in [0.4, 0.5) is 5.13 Å². The first-order chi connectivity index (χ1) is 10.9. The molecule has 2 heterocycles. The molecule has 1 saturated carbocycles. The summed E-state index contributed by atoms with van der Waals surface area (Å²) in [6.07, 6.45) is 6.18. The molecule has 2 aromatic rings. The van der Waals surface area contributed by atoms with Crippen LogP contribution in [0, 0.1) is 0 Å². The van der Waals surface area contributed by atoms with Gasteiger partial charge in [0, 0.05) is 10.8 Å². The van der Waals surface area contributed by atoms with Gasteiger partial charge in [0.1, 0.15) is 11.9 Å². The first kappa shape index (κ1) is 16.0. The molecule has 7 nitrogen and oxygen atoms in total. The third-order valence-electron chi connectivity index (χ3n) is 4.38. The van der Waals surface area contributed by atoms with Crippen LogP contribution in [0.1, 0.15) is 58.6 Å². The molecule has 1 aliphatic carbocycles. The first-order valence-corrected chi connectivity index (χ1v) is 8.81. The molecule has 8 heteroatoms. The van der Waals surface area contributed by atoms with Gasteiger partial charge in [0.15, 0.2) is 5.13 Å². The van der Waals surface area contributed by atoms with Crippen molar-refractivity contribution in [2.45, 2.75) is 63.8 Å². The van der Waals surface area contributed by atoms with E-state index in [4.69, 9.17) is 0 Å². The number of carbonyl (C=O) groups is 1.